The van der Waals surface area contributed by atoms with Crippen molar-refractivity contribution in [1.82, 2.24) is 4.72 Å². The fourth-order valence-corrected chi connectivity index (χ4v) is 4.01. The van der Waals surface area contributed by atoms with Gasteiger partial charge in [0.1, 0.15) is 12.4 Å². The van der Waals surface area contributed by atoms with Crippen molar-refractivity contribution in [2.75, 3.05) is 25.6 Å². The van der Waals surface area contributed by atoms with Crippen molar-refractivity contribution in [2.45, 2.75) is 36.7 Å². The van der Waals surface area contributed by atoms with Gasteiger partial charge < -0.3 is 14.8 Å². The van der Waals surface area contributed by atoms with E-state index in [-0.39, 0.29) is 23.3 Å². The topological polar surface area (TPSA) is 93.7 Å². The maximum Gasteiger partial charge on any atom is 0.240 e. The van der Waals surface area contributed by atoms with Gasteiger partial charge in [0.25, 0.3) is 0 Å². The maximum atomic E-state index is 12.4. The molecule has 1 heterocycles. The molecule has 0 spiro atoms. The zero-order valence-corrected chi connectivity index (χ0v) is 18.3. The minimum atomic E-state index is -3.47. The highest BCUT2D eigenvalue weighted by atomic mass is 35.5. The van der Waals surface area contributed by atoms with Crippen LogP contribution in [0.1, 0.15) is 24.8 Å². The van der Waals surface area contributed by atoms with E-state index in [4.69, 9.17) is 21.1 Å². The smallest absolute Gasteiger partial charge is 0.240 e. The Morgan fingerprint density at radius 1 is 1.23 bits per heavy atom. The van der Waals surface area contributed by atoms with E-state index in [9.17, 15) is 13.2 Å². The number of hydrogen-bond donors (Lipinski definition) is 2. The summed E-state index contributed by atoms with van der Waals surface area (Å²) in [4.78, 5) is 12.6. The molecule has 1 aliphatic rings. The Morgan fingerprint density at radius 3 is 2.67 bits per heavy atom. The molecule has 1 fully saturated rings. The lowest BCUT2D eigenvalue weighted by Crippen LogP contribution is -2.18. The Hall–Kier alpha value is -2.13. The van der Waals surface area contributed by atoms with Gasteiger partial charge in [0, 0.05) is 18.1 Å². The van der Waals surface area contributed by atoms with E-state index < -0.39 is 10.0 Å². The maximum absolute atomic E-state index is 12.4. The summed E-state index contributed by atoms with van der Waals surface area (Å²) >= 11 is 6.08. The Labute approximate surface area is 181 Å². The third-order valence-corrected chi connectivity index (χ3v) is 6.47. The van der Waals surface area contributed by atoms with Crippen molar-refractivity contribution in [2.24, 2.45) is 0 Å². The number of nitrogens with one attached hydrogen (secondary N) is 2. The highest BCUT2D eigenvalue weighted by Gasteiger charge is 2.17. The van der Waals surface area contributed by atoms with Gasteiger partial charge in [0.2, 0.25) is 15.9 Å². The number of carbonyl (C=O) groups excluding carboxylic acids is 1. The number of amides is 1. The molecule has 1 saturated heterocycles. The highest BCUT2D eigenvalue weighted by molar-refractivity contribution is 7.89. The minimum Gasteiger partial charge on any atom is -0.489 e. The largest absolute Gasteiger partial charge is 0.489 e. The van der Waals surface area contributed by atoms with Crippen molar-refractivity contribution >= 4 is 33.2 Å². The number of sulfonamides is 1. The van der Waals surface area contributed by atoms with E-state index in [1.165, 1.54) is 19.2 Å². The van der Waals surface area contributed by atoms with Crippen LogP contribution < -0.4 is 14.8 Å². The molecule has 3 rings (SSSR count). The molecule has 9 heteroatoms. The summed E-state index contributed by atoms with van der Waals surface area (Å²) in [5.74, 6) is 0.357. The fourth-order valence-electron chi connectivity index (χ4n) is 3.11. The molecule has 0 saturated carbocycles. The Morgan fingerprint density at radius 2 is 2.00 bits per heavy atom. The molecule has 1 unspecified atom stereocenters. The number of aryl methyl sites for hydroxylation is 1. The second kappa shape index (κ2) is 10.3. The van der Waals surface area contributed by atoms with Crippen molar-refractivity contribution < 1.29 is 22.7 Å². The quantitative estimate of drug-likeness (QED) is 0.608. The molecule has 0 radical (unpaired) electrons. The summed E-state index contributed by atoms with van der Waals surface area (Å²) in [7, 11) is -2.11. The average molecular weight is 453 g/mol. The Balaban J connectivity index is 1.57. The summed E-state index contributed by atoms with van der Waals surface area (Å²) in [6, 6.07) is 11.5. The van der Waals surface area contributed by atoms with Gasteiger partial charge in [-0.15, -0.1) is 0 Å². The SMILES string of the molecule is CNS(=O)(=O)c1ccc(CCC(=O)Nc2cc(Cl)ccc2OCC2CCCO2)cc1. The van der Waals surface area contributed by atoms with E-state index in [2.05, 4.69) is 10.0 Å². The first-order valence-electron chi connectivity index (χ1n) is 9.73. The van der Waals surface area contributed by atoms with E-state index in [1.54, 1.807) is 30.3 Å². The van der Waals surface area contributed by atoms with E-state index in [0.29, 0.717) is 29.5 Å². The molecular weight excluding hydrogens is 428 g/mol. The number of halogens is 1. The van der Waals surface area contributed by atoms with Gasteiger partial charge in [0.15, 0.2) is 0 Å². The van der Waals surface area contributed by atoms with Crippen LogP contribution in [0.2, 0.25) is 5.02 Å². The van der Waals surface area contributed by atoms with Gasteiger partial charge in [-0.1, -0.05) is 23.7 Å². The van der Waals surface area contributed by atoms with Crippen LogP contribution in [0.3, 0.4) is 0 Å². The number of ether oxygens (including phenoxy) is 2. The van der Waals surface area contributed by atoms with Gasteiger partial charge in [-0.25, -0.2) is 13.1 Å². The van der Waals surface area contributed by atoms with Gasteiger partial charge in [-0.05, 0) is 62.2 Å². The van der Waals surface area contributed by atoms with Crippen LogP contribution in [-0.4, -0.2) is 40.7 Å². The lowest BCUT2D eigenvalue weighted by molar-refractivity contribution is -0.116. The van der Waals surface area contributed by atoms with Crippen LogP contribution >= 0.6 is 11.6 Å². The van der Waals surface area contributed by atoms with Crippen molar-refractivity contribution in [3.63, 3.8) is 0 Å². The molecule has 0 aromatic heterocycles. The summed E-state index contributed by atoms with van der Waals surface area (Å²) in [6.07, 6.45) is 2.76. The van der Waals surface area contributed by atoms with Gasteiger partial charge >= 0.3 is 0 Å². The Kier molecular flexibility index (Phi) is 7.71. The molecule has 1 amide bonds. The molecule has 1 aliphatic heterocycles. The normalized spacial score (nSPS) is 16.4. The first-order chi connectivity index (χ1) is 14.4. The summed E-state index contributed by atoms with van der Waals surface area (Å²) in [5.41, 5.74) is 1.38. The predicted octanol–water partition coefficient (Wildman–Crippen LogP) is 3.38. The number of hydrogen-bond acceptors (Lipinski definition) is 5. The third-order valence-electron chi connectivity index (χ3n) is 4.81. The standard InChI is InChI=1S/C21H25ClN2O5S/c1-23-30(26,27)18-8-4-15(5-9-18)6-11-21(25)24-19-13-16(22)7-10-20(19)29-14-17-3-2-12-28-17/h4-5,7-10,13,17,23H,2-3,6,11-12,14H2,1H3,(H,24,25). The van der Waals surface area contributed by atoms with E-state index in [0.717, 1.165) is 25.0 Å². The molecule has 7 nitrogen and oxygen atoms in total. The fraction of sp³-hybridized carbons (Fsp3) is 0.381. The molecule has 2 aromatic carbocycles. The monoisotopic (exact) mass is 452 g/mol. The molecular formula is C21H25ClN2O5S. The molecule has 0 aliphatic carbocycles. The molecule has 2 N–H and O–H groups in total. The molecule has 30 heavy (non-hydrogen) atoms. The van der Waals surface area contributed by atoms with E-state index in [1.807, 2.05) is 0 Å². The van der Waals surface area contributed by atoms with Crippen LogP contribution in [0, 0.1) is 0 Å². The lowest BCUT2D eigenvalue weighted by atomic mass is 10.1. The van der Waals surface area contributed by atoms with Gasteiger partial charge in [0.05, 0.1) is 16.7 Å². The molecule has 0 bridgehead atoms. The zero-order chi connectivity index (χ0) is 21.6. The first-order valence-corrected chi connectivity index (χ1v) is 11.6. The van der Waals surface area contributed by atoms with Gasteiger partial charge in [-0.3, -0.25) is 4.79 Å². The highest BCUT2D eigenvalue weighted by Crippen LogP contribution is 2.29. The van der Waals surface area contributed by atoms with Gasteiger partial charge in [-0.2, -0.15) is 0 Å². The molecule has 162 valence electrons. The van der Waals surface area contributed by atoms with Crippen molar-refractivity contribution in [3.05, 3.63) is 53.1 Å². The van der Waals surface area contributed by atoms with Crippen LogP contribution in [0.5, 0.6) is 5.75 Å². The Bertz CT molecular complexity index is 973. The van der Waals surface area contributed by atoms with Crippen LogP contribution in [0.4, 0.5) is 5.69 Å². The van der Waals surface area contributed by atoms with Crippen LogP contribution in [0.15, 0.2) is 47.4 Å². The van der Waals surface area contributed by atoms with Crippen LogP contribution in [-0.2, 0) is 26.0 Å². The molecule has 1 atom stereocenters. The van der Waals surface area contributed by atoms with E-state index >= 15 is 0 Å². The minimum absolute atomic E-state index is 0.0684. The summed E-state index contributed by atoms with van der Waals surface area (Å²) < 4.78 is 37.2. The summed E-state index contributed by atoms with van der Waals surface area (Å²) in [6.45, 7) is 1.17. The average Bonchev–Trinajstić information content (AvgIpc) is 3.26. The lowest BCUT2D eigenvalue weighted by Gasteiger charge is -2.15. The first kappa shape index (κ1) is 22.6. The number of anilines is 1. The number of benzene rings is 2. The second-order valence-corrected chi connectivity index (χ2v) is 9.31. The summed E-state index contributed by atoms with van der Waals surface area (Å²) in [5, 5.41) is 3.34. The predicted molar refractivity (Wildman–Crippen MR) is 116 cm³/mol. The third kappa shape index (κ3) is 6.18. The molecule has 2 aromatic rings. The van der Waals surface area contributed by atoms with Crippen LogP contribution in [0.25, 0.3) is 0 Å². The second-order valence-electron chi connectivity index (χ2n) is 6.99. The zero-order valence-electron chi connectivity index (χ0n) is 16.7. The number of carbonyl (C=O) groups is 1. The number of rotatable bonds is 9. The van der Waals surface area contributed by atoms with Crippen molar-refractivity contribution in [3.8, 4) is 5.75 Å². The van der Waals surface area contributed by atoms with Crippen molar-refractivity contribution in [1.29, 1.82) is 0 Å².